The molecule has 22 heavy (non-hydrogen) atoms. The van der Waals surface area contributed by atoms with E-state index in [9.17, 15) is 0 Å². The van der Waals surface area contributed by atoms with Crippen LogP contribution in [0.25, 0.3) is 28.7 Å². The molecule has 1 aliphatic carbocycles. The molecule has 4 rings (SSSR count). The standard InChI is InChI=1S/C20H20N2/c1-13(2)11-15-12-21-20-17-9-5-4-8-16(17)19-14(3)7-6-10-18(19)22(15)20/h4,6-8,10-12H,5,9H2,1-3H3. The van der Waals surface area contributed by atoms with Gasteiger partial charge < -0.3 is 0 Å². The summed E-state index contributed by atoms with van der Waals surface area (Å²) in [6.45, 7) is 6.47. The van der Waals surface area contributed by atoms with Gasteiger partial charge in [0.05, 0.1) is 17.4 Å². The van der Waals surface area contributed by atoms with Crippen LogP contribution in [-0.2, 0) is 6.42 Å². The van der Waals surface area contributed by atoms with E-state index in [1.165, 1.54) is 38.9 Å². The lowest BCUT2D eigenvalue weighted by molar-refractivity contribution is 0.981. The molecule has 0 saturated heterocycles. The minimum atomic E-state index is 1.07. The van der Waals surface area contributed by atoms with Crippen LogP contribution in [-0.4, -0.2) is 9.38 Å². The van der Waals surface area contributed by atoms with Crippen molar-refractivity contribution < 1.29 is 0 Å². The van der Waals surface area contributed by atoms with Gasteiger partial charge in [0, 0.05) is 10.9 Å². The lowest BCUT2D eigenvalue weighted by Gasteiger charge is -2.18. The summed E-state index contributed by atoms with van der Waals surface area (Å²) < 4.78 is 2.33. The Labute approximate surface area is 130 Å². The normalized spacial score (nSPS) is 13.6. The number of nitrogens with zero attached hydrogens (tertiary/aromatic N) is 2. The van der Waals surface area contributed by atoms with E-state index in [0.29, 0.717) is 0 Å². The fourth-order valence-corrected chi connectivity index (χ4v) is 3.55. The second-order valence-electron chi connectivity index (χ2n) is 6.37. The van der Waals surface area contributed by atoms with E-state index < -0.39 is 0 Å². The number of hydrogen-bond donors (Lipinski definition) is 0. The Morgan fingerprint density at radius 1 is 1.27 bits per heavy atom. The number of allylic oxidation sites excluding steroid dienone is 2. The van der Waals surface area contributed by atoms with Crippen molar-refractivity contribution in [2.75, 3.05) is 0 Å². The average Bonchev–Trinajstić information content (AvgIpc) is 2.91. The Balaban J connectivity index is 2.26. The van der Waals surface area contributed by atoms with Gasteiger partial charge in [0.25, 0.3) is 0 Å². The minimum Gasteiger partial charge on any atom is -0.293 e. The Kier molecular flexibility index (Phi) is 2.93. The van der Waals surface area contributed by atoms with Crippen molar-refractivity contribution in [3.05, 3.63) is 58.4 Å². The van der Waals surface area contributed by atoms with Crippen molar-refractivity contribution in [1.82, 2.24) is 9.38 Å². The molecule has 0 saturated carbocycles. The SMILES string of the molecule is CC(C)=Cc1cnc2c3c(c4c(C)cccc4n12)C=CCC3. The molecule has 2 nitrogen and oxygen atoms in total. The molecule has 1 aliphatic rings. The highest BCUT2D eigenvalue weighted by molar-refractivity contribution is 5.96. The number of rotatable bonds is 1. The first-order valence-corrected chi connectivity index (χ1v) is 7.90. The minimum absolute atomic E-state index is 1.07. The van der Waals surface area contributed by atoms with Crippen LogP contribution < -0.4 is 0 Å². The third-order valence-corrected chi connectivity index (χ3v) is 4.43. The van der Waals surface area contributed by atoms with E-state index in [4.69, 9.17) is 4.98 Å². The number of aryl methyl sites for hydroxylation is 2. The van der Waals surface area contributed by atoms with Gasteiger partial charge in [-0.2, -0.15) is 0 Å². The molecule has 0 atom stereocenters. The summed E-state index contributed by atoms with van der Waals surface area (Å²) in [5.41, 5.74) is 8.91. The van der Waals surface area contributed by atoms with Crippen molar-refractivity contribution in [2.45, 2.75) is 33.6 Å². The van der Waals surface area contributed by atoms with Gasteiger partial charge in [0.2, 0.25) is 0 Å². The molecule has 2 aromatic heterocycles. The number of fused-ring (bicyclic) bond motifs is 6. The second-order valence-corrected chi connectivity index (χ2v) is 6.37. The van der Waals surface area contributed by atoms with Gasteiger partial charge in [-0.05, 0) is 56.9 Å². The first-order valence-electron chi connectivity index (χ1n) is 7.90. The van der Waals surface area contributed by atoms with E-state index in [-0.39, 0.29) is 0 Å². The zero-order chi connectivity index (χ0) is 15.3. The Bertz CT molecular complexity index is 951. The third kappa shape index (κ3) is 1.83. The fourth-order valence-electron chi connectivity index (χ4n) is 3.55. The highest BCUT2D eigenvalue weighted by Gasteiger charge is 2.18. The van der Waals surface area contributed by atoms with Crippen LogP contribution in [0.4, 0.5) is 0 Å². The fraction of sp³-hybridized carbons (Fsp3) is 0.250. The molecule has 110 valence electrons. The largest absolute Gasteiger partial charge is 0.293 e. The van der Waals surface area contributed by atoms with E-state index in [2.05, 4.69) is 61.6 Å². The summed E-state index contributed by atoms with van der Waals surface area (Å²) in [4.78, 5) is 4.75. The molecule has 0 radical (unpaired) electrons. The molecule has 0 amide bonds. The van der Waals surface area contributed by atoms with Crippen LogP contribution in [0.15, 0.2) is 36.0 Å². The lowest BCUT2D eigenvalue weighted by atomic mass is 9.92. The van der Waals surface area contributed by atoms with E-state index in [1.807, 2.05) is 6.20 Å². The summed E-state index contributed by atoms with van der Waals surface area (Å²) in [6, 6.07) is 6.55. The highest BCUT2D eigenvalue weighted by atomic mass is 15.0. The summed E-state index contributed by atoms with van der Waals surface area (Å²) in [7, 11) is 0. The topological polar surface area (TPSA) is 17.3 Å². The van der Waals surface area contributed by atoms with Crippen LogP contribution in [0.2, 0.25) is 0 Å². The van der Waals surface area contributed by atoms with Gasteiger partial charge in [-0.15, -0.1) is 0 Å². The van der Waals surface area contributed by atoms with E-state index in [0.717, 1.165) is 18.5 Å². The van der Waals surface area contributed by atoms with Crippen LogP contribution in [0.3, 0.4) is 0 Å². The summed E-state index contributed by atoms with van der Waals surface area (Å²) in [5, 5.41) is 1.36. The molecule has 2 heterocycles. The van der Waals surface area contributed by atoms with Crippen LogP contribution in [0.5, 0.6) is 0 Å². The maximum Gasteiger partial charge on any atom is 0.141 e. The first kappa shape index (κ1) is 13.3. The monoisotopic (exact) mass is 288 g/mol. The Morgan fingerprint density at radius 2 is 2.14 bits per heavy atom. The molecular formula is C20H20N2. The van der Waals surface area contributed by atoms with Gasteiger partial charge in [-0.3, -0.25) is 4.40 Å². The molecule has 0 aliphatic heterocycles. The van der Waals surface area contributed by atoms with Crippen LogP contribution in [0.1, 0.15) is 42.7 Å². The zero-order valence-corrected chi connectivity index (χ0v) is 13.4. The lowest BCUT2D eigenvalue weighted by Crippen LogP contribution is -2.04. The first-order chi connectivity index (χ1) is 10.7. The van der Waals surface area contributed by atoms with Crippen molar-refractivity contribution in [2.24, 2.45) is 0 Å². The summed E-state index contributed by atoms with van der Waals surface area (Å²) >= 11 is 0. The summed E-state index contributed by atoms with van der Waals surface area (Å²) in [5.74, 6) is 0. The molecule has 0 unspecified atom stereocenters. The average molecular weight is 288 g/mol. The quantitative estimate of drug-likeness (QED) is 0.603. The maximum atomic E-state index is 4.75. The van der Waals surface area contributed by atoms with Crippen molar-refractivity contribution in [3.63, 3.8) is 0 Å². The predicted octanol–water partition coefficient (Wildman–Crippen LogP) is 5.18. The Hall–Kier alpha value is -2.35. The van der Waals surface area contributed by atoms with Crippen molar-refractivity contribution in [1.29, 1.82) is 0 Å². The summed E-state index contributed by atoms with van der Waals surface area (Å²) in [6.07, 6.45) is 11.0. The number of imidazole rings is 1. The number of aromatic nitrogens is 2. The molecule has 1 aromatic carbocycles. The molecule has 0 bridgehead atoms. The zero-order valence-electron chi connectivity index (χ0n) is 13.4. The van der Waals surface area contributed by atoms with Crippen molar-refractivity contribution >= 4 is 28.7 Å². The van der Waals surface area contributed by atoms with Crippen LogP contribution >= 0.6 is 0 Å². The second kappa shape index (κ2) is 4.84. The van der Waals surface area contributed by atoms with Gasteiger partial charge in [0.1, 0.15) is 5.65 Å². The van der Waals surface area contributed by atoms with Gasteiger partial charge in [-0.1, -0.05) is 29.9 Å². The maximum absolute atomic E-state index is 4.75. The molecular weight excluding hydrogens is 268 g/mol. The van der Waals surface area contributed by atoms with Crippen molar-refractivity contribution in [3.8, 4) is 0 Å². The smallest absolute Gasteiger partial charge is 0.141 e. The molecule has 3 aromatic rings. The van der Waals surface area contributed by atoms with E-state index in [1.54, 1.807) is 0 Å². The molecule has 0 fully saturated rings. The molecule has 0 N–H and O–H groups in total. The predicted molar refractivity (Wildman–Crippen MR) is 94.1 cm³/mol. The van der Waals surface area contributed by atoms with Gasteiger partial charge in [0.15, 0.2) is 0 Å². The molecule has 0 spiro atoms. The van der Waals surface area contributed by atoms with E-state index >= 15 is 0 Å². The number of pyridine rings is 1. The molecule has 2 heteroatoms. The van der Waals surface area contributed by atoms with Crippen LogP contribution in [0, 0.1) is 6.92 Å². The van der Waals surface area contributed by atoms with Gasteiger partial charge >= 0.3 is 0 Å². The number of benzene rings is 1. The number of hydrogen-bond acceptors (Lipinski definition) is 1. The highest BCUT2D eigenvalue weighted by Crippen LogP contribution is 2.34. The van der Waals surface area contributed by atoms with Gasteiger partial charge in [-0.25, -0.2) is 4.98 Å². The third-order valence-electron chi connectivity index (χ3n) is 4.43. The Morgan fingerprint density at radius 3 is 2.95 bits per heavy atom.